The monoisotopic (exact) mass is 250 g/mol. The summed E-state index contributed by atoms with van der Waals surface area (Å²) >= 11 is 0. The Balaban J connectivity index is 2.60. The van der Waals surface area contributed by atoms with Crippen LogP contribution in [-0.2, 0) is 4.74 Å². The Labute approximate surface area is 107 Å². The SMILES string of the molecule is CCCN(CCC)C(=O)OC(=O)c1cccnc1. The lowest BCUT2D eigenvalue weighted by Gasteiger charge is -2.19. The summed E-state index contributed by atoms with van der Waals surface area (Å²) in [6, 6.07) is 3.18. The highest BCUT2D eigenvalue weighted by Crippen LogP contribution is 2.03. The fourth-order valence-electron chi connectivity index (χ4n) is 1.52. The van der Waals surface area contributed by atoms with E-state index in [0.717, 1.165) is 12.8 Å². The molecule has 5 nitrogen and oxygen atoms in total. The molecule has 1 amide bonds. The van der Waals surface area contributed by atoms with Crippen molar-refractivity contribution in [3.63, 3.8) is 0 Å². The lowest BCUT2D eigenvalue weighted by atomic mass is 10.3. The van der Waals surface area contributed by atoms with Crippen molar-refractivity contribution in [2.24, 2.45) is 0 Å². The molecule has 5 heteroatoms. The molecule has 1 heterocycles. The van der Waals surface area contributed by atoms with E-state index in [0.29, 0.717) is 13.1 Å². The molecule has 1 rings (SSSR count). The third kappa shape index (κ3) is 4.16. The van der Waals surface area contributed by atoms with Gasteiger partial charge in [-0.25, -0.2) is 9.59 Å². The van der Waals surface area contributed by atoms with Crippen LogP contribution in [0, 0.1) is 0 Å². The first kappa shape index (κ1) is 14.2. The Morgan fingerprint density at radius 3 is 2.44 bits per heavy atom. The van der Waals surface area contributed by atoms with Gasteiger partial charge in [0.15, 0.2) is 0 Å². The van der Waals surface area contributed by atoms with E-state index in [1.54, 1.807) is 18.3 Å². The quantitative estimate of drug-likeness (QED) is 0.595. The van der Waals surface area contributed by atoms with Crippen molar-refractivity contribution in [2.45, 2.75) is 26.7 Å². The summed E-state index contributed by atoms with van der Waals surface area (Å²) in [5.41, 5.74) is 0.277. The highest BCUT2D eigenvalue weighted by Gasteiger charge is 2.18. The van der Waals surface area contributed by atoms with Gasteiger partial charge >= 0.3 is 12.1 Å². The fourth-order valence-corrected chi connectivity index (χ4v) is 1.52. The van der Waals surface area contributed by atoms with Gasteiger partial charge in [-0.3, -0.25) is 4.98 Å². The van der Waals surface area contributed by atoms with Crippen LogP contribution in [0.2, 0.25) is 0 Å². The first-order chi connectivity index (χ1) is 8.69. The predicted molar refractivity (Wildman–Crippen MR) is 67.2 cm³/mol. The molecule has 0 aliphatic carbocycles. The molecule has 0 spiro atoms. The summed E-state index contributed by atoms with van der Waals surface area (Å²) in [5.74, 6) is -0.662. The second-order valence-electron chi connectivity index (χ2n) is 3.88. The zero-order valence-electron chi connectivity index (χ0n) is 10.8. The van der Waals surface area contributed by atoms with Crippen LogP contribution < -0.4 is 0 Å². The van der Waals surface area contributed by atoms with Gasteiger partial charge < -0.3 is 9.64 Å². The average Bonchev–Trinajstić information content (AvgIpc) is 2.39. The Bertz CT molecular complexity index is 386. The number of esters is 1. The number of pyridine rings is 1. The zero-order chi connectivity index (χ0) is 13.4. The molecule has 0 aromatic carbocycles. The van der Waals surface area contributed by atoms with E-state index in [4.69, 9.17) is 4.74 Å². The Hall–Kier alpha value is -1.91. The third-order valence-electron chi connectivity index (χ3n) is 2.32. The number of amides is 1. The molecule has 1 aromatic heterocycles. The van der Waals surface area contributed by atoms with Crippen molar-refractivity contribution in [3.05, 3.63) is 30.1 Å². The van der Waals surface area contributed by atoms with E-state index in [1.807, 2.05) is 13.8 Å². The summed E-state index contributed by atoms with van der Waals surface area (Å²) in [5, 5.41) is 0. The smallest absolute Gasteiger partial charge is 0.372 e. The van der Waals surface area contributed by atoms with Crippen LogP contribution >= 0.6 is 0 Å². The number of hydrogen-bond acceptors (Lipinski definition) is 4. The molecule has 0 unspecified atom stereocenters. The van der Waals surface area contributed by atoms with Gasteiger partial charge in [-0.15, -0.1) is 0 Å². The summed E-state index contributed by atoms with van der Waals surface area (Å²) in [6.45, 7) is 5.12. The molecular formula is C13H18N2O3. The van der Waals surface area contributed by atoms with E-state index in [-0.39, 0.29) is 5.56 Å². The second-order valence-corrected chi connectivity index (χ2v) is 3.88. The van der Waals surface area contributed by atoms with Crippen molar-refractivity contribution in [2.75, 3.05) is 13.1 Å². The van der Waals surface area contributed by atoms with Gasteiger partial charge in [0.25, 0.3) is 0 Å². The number of hydrogen-bond donors (Lipinski definition) is 0. The molecule has 0 atom stereocenters. The van der Waals surface area contributed by atoms with E-state index in [9.17, 15) is 9.59 Å². The summed E-state index contributed by atoms with van der Waals surface area (Å²) < 4.78 is 4.81. The standard InChI is InChI=1S/C13H18N2O3/c1-3-8-15(9-4-2)13(17)18-12(16)11-6-5-7-14-10-11/h5-7,10H,3-4,8-9H2,1-2H3. The lowest BCUT2D eigenvalue weighted by Crippen LogP contribution is -2.34. The van der Waals surface area contributed by atoms with Crippen LogP contribution in [0.3, 0.4) is 0 Å². The number of carbonyl (C=O) groups is 2. The van der Waals surface area contributed by atoms with Gasteiger partial charge in [0.1, 0.15) is 0 Å². The van der Waals surface area contributed by atoms with Crippen LogP contribution in [-0.4, -0.2) is 35.0 Å². The average molecular weight is 250 g/mol. The fraction of sp³-hybridized carbons (Fsp3) is 0.462. The minimum Gasteiger partial charge on any atom is -0.372 e. The number of carbonyl (C=O) groups excluding carboxylic acids is 2. The molecule has 0 radical (unpaired) electrons. The number of rotatable bonds is 5. The summed E-state index contributed by atoms with van der Waals surface area (Å²) in [7, 11) is 0. The highest BCUT2D eigenvalue weighted by molar-refractivity contribution is 5.96. The van der Waals surface area contributed by atoms with Crippen molar-refractivity contribution in [1.82, 2.24) is 9.88 Å². The molecule has 0 aliphatic rings. The lowest BCUT2D eigenvalue weighted by molar-refractivity contribution is 0.0541. The van der Waals surface area contributed by atoms with Crippen molar-refractivity contribution in [3.8, 4) is 0 Å². The molecule has 0 aliphatic heterocycles. The van der Waals surface area contributed by atoms with Crippen LogP contribution in [0.25, 0.3) is 0 Å². The van der Waals surface area contributed by atoms with Crippen molar-refractivity contribution >= 4 is 12.1 Å². The van der Waals surface area contributed by atoms with E-state index < -0.39 is 12.1 Å². The molecule has 0 N–H and O–H groups in total. The molecule has 0 fully saturated rings. The van der Waals surface area contributed by atoms with Gasteiger partial charge in [0.2, 0.25) is 0 Å². The topological polar surface area (TPSA) is 59.5 Å². The maximum Gasteiger partial charge on any atom is 0.417 e. The predicted octanol–water partition coefficient (Wildman–Crippen LogP) is 2.48. The molecule has 18 heavy (non-hydrogen) atoms. The molecule has 0 saturated carbocycles. The van der Waals surface area contributed by atoms with Crippen LogP contribution in [0.1, 0.15) is 37.0 Å². The maximum atomic E-state index is 11.8. The maximum absolute atomic E-state index is 11.8. The Kier molecular flexibility index (Phi) is 5.84. The molecular weight excluding hydrogens is 232 g/mol. The van der Waals surface area contributed by atoms with E-state index in [1.165, 1.54) is 11.1 Å². The first-order valence-corrected chi connectivity index (χ1v) is 6.10. The molecule has 98 valence electrons. The molecule has 0 saturated heterocycles. The van der Waals surface area contributed by atoms with Crippen molar-refractivity contribution < 1.29 is 14.3 Å². The van der Waals surface area contributed by atoms with Crippen LogP contribution in [0.15, 0.2) is 24.5 Å². The largest absolute Gasteiger partial charge is 0.417 e. The second kappa shape index (κ2) is 7.42. The minimum absolute atomic E-state index is 0.277. The van der Waals surface area contributed by atoms with Gasteiger partial charge in [-0.1, -0.05) is 13.8 Å². The van der Waals surface area contributed by atoms with Gasteiger partial charge in [-0.05, 0) is 25.0 Å². The summed E-state index contributed by atoms with van der Waals surface area (Å²) in [4.78, 5) is 28.8. The van der Waals surface area contributed by atoms with Gasteiger partial charge in [0, 0.05) is 25.5 Å². The molecule has 0 bridgehead atoms. The van der Waals surface area contributed by atoms with Crippen LogP contribution in [0.4, 0.5) is 4.79 Å². The Morgan fingerprint density at radius 2 is 1.94 bits per heavy atom. The number of aromatic nitrogens is 1. The molecule has 1 aromatic rings. The Morgan fingerprint density at radius 1 is 1.28 bits per heavy atom. The number of nitrogens with zero attached hydrogens (tertiary/aromatic N) is 2. The third-order valence-corrected chi connectivity index (χ3v) is 2.32. The van der Waals surface area contributed by atoms with Crippen LogP contribution in [0.5, 0.6) is 0 Å². The minimum atomic E-state index is -0.662. The van der Waals surface area contributed by atoms with Crippen molar-refractivity contribution in [1.29, 1.82) is 0 Å². The first-order valence-electron chi connectivity index (χ1n) is 6.10. The van der Waals surface area contributed by atoms with E-state index in [2.05, 4.69) is 4.98 Å². The summed E-state index contributed by atoms with van der Waals surface area (Å²) in [6.07, 6.45) is 4.00. The van der Waals surface area contributed by atoms with Gasteiger partial charge in [-0.2, -0.15) is 0 Å². The van der Waals surface area contributed by atoms with E-state index >= 15 is 0 Å². The zero-order valence-corrected chi connectivity index (χ0v) is 10.8. The number of ether oxygens (including phenoxy) is 1. The van der Waals surface area contributed by atoms with Gasteiger partial charge in [0.05, 0.1) is 5.56 Å². The normalized spacial score (nSPS) is 9.89. The highest BCUT2D eigenvalue weighted by atomic mass is 16.6.